The van der Waals surface area contributed by atoms with E-state index in [0.717, 1.165) is 25.7 Å². The second-order valence-electron chi connectivity index (χ2n) is 12.1. The summed E-state index contributed by atoms with van der Waals surface area (Å²) in [6.07, 6.45) is 12.3. The third-order valence-corrected chi connectivity index (χ3v) is 12.6. The van der Waals surface area contributed by atoms with Crippen LogP contribution in [0.15, 0.2) is 18.2 Å². The second kappa shape index (κ2) is 13.8. The van der Waals surface area contributed by atoms with E-state index in [4.69, 9.17) is 9.16 Å². The minimum atomic E-state index is -1.92. The molecule has 0 N–H and O–H groups in total. The van der Waals surface area contributed by atoms with Crippen LogP contribution in [0.4, 0.5) is 5.69 Å². The van der Waals surface area contributed by atoms with Crippen LogP contribution in [0.5, 0.6) is 0 Å². The van der Waals surface area contributed by atoms with Gasteiger partial charge in [-0.15, -0.1) is 0 Å². The van der Waals surface area contributed by atoms with Gasteiger partial charge >= 0.3 is 5.97 Å². The van der Waals surface area contributed by atoms with Crippen LogP contribution < -0.4 is 4.90 Å². The van der Waals surface area contributed by atoms with E-state index in [-0.39, 0.29) is 23.2 Å². The van der Waals surface area contributed by atoms with Gasteiger partial charge in [0.1, 0.15) is 12.1 Å². The average molecular weight is 504 g/mol. The van der Waals surface area contributed by atoms with Crippen LogP contribution in [0.2, 0.25) is 18.1 Å². The van der Waals surface area contributed by atoms with Gasteiger partial charge in [0.2, 0.25) is 0 Å². The molecule has 1 aliphatic rings. The summed E-state index contributed by atoms with van der Waals surface area (Å²) in [5.74, 6) is -0.100. The van der Waals surface area contributed by atoms with Crippen LogP contribution >= 0.6 is 0 Å². The molecule has 0 bridgehead atoms. The summed E-state index contributed by atoms with van der Waals surface area (Å²) in [5.41, 5.74) is 3.84. The Morgan fingerprint density at radius 3 is 2.34 bits per heavy atom. The fraction of sp³-hybridized carbons (Fsp3) is 0.767. The number of hydrogen-bond donors (Lipinski definition) is 0. The summed E-state index contributed by atoms with van der Waals surface area (Å²) in [5, 5.41) is 0.131. The standard InChI is InChI=1S/C30H53NO3Si/c1-9-11-13-14-15-16-17-24-19-20-25-22-26(23-33-35(7,8)30(3,4)5)34-29(32)27(18-12-10-2)31(6)28(25)21-24/h19-21,26-27H,9-18,22-23H2,1-8H3/t26?,27-/m0/s1. The number of esters is 1. The molecular formula is C30H53NO3Si. The minimum absolute atomic E-state index is 0.100. The van der Waals surface area contributed by atoms with Gasteiger partial charge in [0.15, 0.2) is 8.32 Å². The number of carbonyl (C=O) groups excluding carboxylic acids is 1. The van der Waals surface area contributed by atoms with Crippen molar-refractivity contribution in [3.8, 4) is 0 Å². The summed E-state index contributed by atoms with van der Waals surface area (Å²) in [6, 6.07) is 6.65. The number of unbranched alkanes of at least 4 members (excludes halogenated alkanes) is 6. The molecule has 0 fully saturated rings. The number of anilines is 1. The van der Waals surface area contributed by atoms with Crippen molar-refractivity contribution in [3.05, 3.63) is 29.3 Å². The summed E-state index contributed by atoms with van der Waals surface area (Å²) in [7, 11) is 0.150. The van der Waals surface area contributed by atoms with Gasteiger partial charge in [0.25, 0.3) is 0 Å². The average Bonchev–Trinajstić information content (AvgIpc) is 2.79. The highest BCUT2D eigenvalue weighted by Gasteiger charge is 2.39. The first-order valence-corrected chi connectivity index (χ1v) is 17.1. The molecule has 2 atom stereocenters. The SMILES string of the molecule is CCCCCCCCc1ccc2c(c1)N(C)[C@@H](CCCC)C(=O)OC(CO[Si](C)(C)C(C)(C)C)C2. The van der Waals surface area contributed by atoms with Crippen molar-refractivity contribution in [2.75, 3.05) is 18.6 Å². The number of cyclic esters (lactones) is 1. The molecule has 1 aliphatic heterocycles. The molecule has 0 radical (unpaired) electrons. The van der Waals surface area contributed by atoms with E-state index >= 15 is 0 Å². The van der Waals surface area contributed by atoms with Crippen LogP contribution in [0.1, 0.15) is 104 Å². The Morgan fingerprint density at radius 2 is 1.69 bits per heavy atom. The van der Waals surface area contributed by atoms with Gasteiger partial charge in [0.05, 0.1) is 6.61 Å². The third-order valence-electron chi connectivity index (χ3n) is 8.09. The first-order chi connectivity index (χ1) is 16.5. The Bertz CT molecular complexity index is 786. The van der Waals surface area contributed by atoms with Gasteiger partial charge in [-0.3, -0.25) is 0 Å². The number of aryl methyl sites for hydroxylation is 1. The maximum absolute atomic E-state index is 13.3. The van der Waals surface area contributed by atoms with Crippen LogP contribution in [-0.4, -0.2) is 40.1 Å². The molecule has 1 aromatic carbocycles. The smallest absolute Gasteiger partial charge is 0.329 e. The highest BCUT2D eigenvalue weighted by Crippen LogP contribution is 2.37. The molecular weight excluding hydrogens is 450 g/mol. The number of carbonyl (C=O) groups is 1. The molecule has 200 valence electrons. The topological polar surface area (TPSA) is 38.8 Å². The molecule has 0 aromatic heterocycles. The maximum atomic E-state index is 13.3. The van der Waals surface area contributed by atoms with Gasteiger partial charge in [-0.2, -0.15) is 0 Å². The molecule has 0 aliphatic carbocycles. The van der Waals surface area contributed by atoms with Crippen molar-refractivity contribution in [1.82, 2.24) is 0 Å². The number of rotatable bonds is 13. The van der Waals surface area contributed by atoms with Crippen molar-refractivity contribution >= 4 is 20.0 Å². The molecule has 1 unspecified atom stereocenters. The Morgan fingerprint density at radius 1 is 1.03 bits per heavy atom. The van der Waals surface area contributed by atoms with Crippen LogP contribution in [0.25, 0.3) is 0 Å². The molecule has 4 nitrogen and oxygen atoms in total. The normalized spacial score (nSPS) is 19.2. The lowest BCUT2D eigenvalue weighted by atomic mass is 9.97. The van der Waals surface area contributed by atoms with E-state index in [1.165, 1.54) is 55.3 Å². The van der Waals surface area contributed by atoms with E-state index in [1.807, 2.05) is 0 Å². The lowest BCUT2D eigenvalue weighted by Gasteiger charge is -2.39. The van der Waals surface area contributed by atoms with Gasteiger partial charge in [0, 0.05) is 19.2 Å². The largest absolute Gasteiger partial charge is 0.458 e. The maximum Gasteiger partial charge on any atom is 0.329 e. The van der Waals surface area contributed by atoms with Crippen LogP contribution in [0, 0.1) is 0 Å². The second-order valence-corrected chi connectivity index (χ2v) is 16.9. The first-order valence-electron chi connectivity index (χ1n) is 14.2. The summed E-state index contributed by atoms with van der Waals surface area (Å²) in [4.78, 5) is 15.5. The zero-order valence-electron chi connectivity index (χ0n) is 24.0. The number of nitrogens with zero attached hydrogens (tertiary/aromatic N) is 1. The molecule has 35 heavy (non-hydrogen) atoms. The van der Waals surface area contributed by atoms with Gasteiger partial charge in [-0.1, -0.05) is 91.7 Å². The van der Waals surface area contributed by atoms with Crippen molar-refractivity contribution in [1.29, 1.82) is 0 Å². The Labute approximate surface area is 217 Å². The fourth-order valence-corrected chi connectivity index (χ4v) is 5.59. The minimum Gasteiger partial charge on any atom is -0.458 e. The molecule has 2 rings (SSSR count). The number of ether oxygens (including phenoxy) is 1. The zero-order chi connectivity index (χ0) is 26.1. The predicted molar refractivity (Wildman–Crippen MR) is 152 cm³/mol. The molecule has 0 spiro atoms. The van der Waals surface area contributed by atoms with Crippen molar-refractivity contribution in [2.24, 2.45) is 0 Å². The number of likely N-dealkylation sites (N-methyl/N-ethyl adjacent to an activating group) is 1. The van der Waals surface area contributed by atoms with Gasteiger partial charge < -0.3 is 14.1 Å². The predicted octanol–water partition coefficient (Wildman–Crippen LogP) is 8.07. The Hall–Kier alpha value is -1.33. The first kappa shape index (κ1) is 29.9. The Kier molecular flexibility index (Phi) is 11.8. The molecule has 5 heteroatoms. The van der Waals surface area contributed by atoms with Crippen LogP contribution in [0.3, 0.4) is 0 Å². The molecule has 0 saturated heterocycles. The molecule has 0 saturated carbocycles. The fourth-order valence-electron chi connectivity index (χ4n) is 4.55. The lowest BCUT2D eigenvalue weighted by Crippen LogP contribution is -2.47. The van der Waals surface area contributed by atoms with Crippen LogP contribution in [-0.2, 0) is 26.8 Å². The summed E-state index contributed by atoms with van der Waals surface area (Å²) in [6.45, 7) is 16.2. The van der Waals surface area contributed by atoms with E-state index in [1.54, 1.807) is 0 Å². The Balaban J connectivity index is 2.21. The number of fused-ring (bicyclic) bond motifs is 1. The van der Waals surface area contributed by atoms with Crippen molar-refractivity contribution in [3.63, 3.8) is 0 Å². The molecule has 0 amide bonds. The summed E-state index contributed by atoms with van der Waals surface area (Å²) >= 11 is 0. The van der Waals surface area contributed by atoms with E-state index in [9.17, 15) is 4.79 Å². The van der Waals surface area contributed by atoms with E-state index in [2.05, 4.69) is 77.9 Å². The van der Waals surface area contributed by atoms with Gasteiger partial charge in [-0.25, -0.2) is 4.79 Å². The highest BCUT2D eigenvalue weighted by molar-refractivity contribution is 6.74. The molecule has 1 aromatic rings. The zero-order valence-corrected chi connectivity index (χ0v) is 25.0. The summed E-state index contributed by atoms with van der Waals surface area (Å²) < 4.78 is 12.6. The number of hydrogen-bond acceptors (Lipinski definition) is 4. The number of benzene rings is 1. The van der Waals surface area contributed by atoms with E-state index < -0.39 is 8.32 Å². The quantitative estimate of drug-likeness (QED) is 0.155. The molecule has 1 heterocycles. The monoisotopic (exact) mass is 503 g/mol. The van der Waals surface area contributed by atoms with Gasteiger partial charge in [-0.05, 0) is 54.6 Å². The van der Waals surface area contributed by atoms with E-state index in [0.29, 0.717) is 13.0 Å². The van der Waals surface area contributed by atoms with Crippen molar-refractivity contribution in [2.45, 2.75) is 136 Å². The van der Waals surface area contributed by atoms with Crippen molar-refractivity contribution < 1.29 is 14.0 Å². The lowest BCUT2D eigenvalue weighted by molar-refractivity contribution is -0.152. The third kappa shape index (κ3) is 8.93. The highest BCUT2D eigenvalue weighted by atomic mass is 28.4.